The second-order valence-electron chi connectivity index (χ2n) is 35.4. The number of nitrogens with two attached hydrogens (primary N) is 5. The van der Waals surface area contributed by atoms with Gasteiger partial charge in [-0.1, -0.05) is 72.8 Å². The molecule has 5 aliphatic carbocycles. The molecule has 48 nitrogen and oxygen atoms in total. The highest BCUT2D eigenvalue weighted by Crippen LogP contribution is 2.35. The molecule has 1 amide bonds. The average Bonchev–Trinajstić information content (AvgIpc) is 0.843. The summed E-state index contributed by atoms with van der Waals surface area (Å²) in [6, 6.07) is 28.5. The van der Waals surface area contributed by atoms with Crippen molar-refractivity contribution in [1.82, 2.24) is 64.7 Å². The van der Waals surface area contributed by atoms with Gasteiger partial charge in [0.1, 0.15) is 37.0 Å². The van der Waals surface area contributed by atoms with Gasteiger partial charge in [-0.2, -0.15) is 24.9 Å². The SMILES string of the molecule is CN(C)C(=O)CNc1ncc([N+](=O)[O-])c(NCC2CCC(N)CC2)n1.COC(=O)[C@@H](C)Nc1ncc([N+](=O)[O-])c(NCC2CCC(N)CC2)n1.COC(=O)[C@@H](Nc1ncc([N+](=O)[O-])c(NCC2CCC(N)CC2)n1)c1ccccc1.NC1CCC(CNc2nc(NCc3ccnc4ccccc34)ncc2[N+](=O)[O-])CC1.NC1CCC(CNc2nc(NCc3nccc4ccccc34)ncc2[N+](=O)[O-])CC1. The van der Waals surface area contributed by atoms with Crippen LogP contribution in [0.25, 0.3) is 21.7 Å². The zero-order valence-corrected chi connectivity index (χ0v) is 79.0. The minimum Gasteiger partial charge on any atom is -0.467 e. The van der Waals surface area contributed by atoms with E-state index in [2.05, 4.69) is 118 Å². The lowest BCUT2D eigenvalue weighted by Gasteiger charge is -2.26. The van der Waals surface area contributed by atoms with E-state index in [1.807, 2.05) is 66.7 Å². The number of hydrogen-bond acceptors (Lipinski definition) is 42. The van der Waals surface area contributed by atoms with Gasteiger partial charge >= 0.3 is 40.4 Å². The van der Waals surface area contributed by atoms with Crippen LogP contribution >= 0.6 is 0 Å². The van der Waals surface area contributed by atoms with Crippen molar-refractivity contribution in [3.05, 3.63) is 202 Å². The molecule has 3 aromatic carbocycles. The third kappa shape index (κ3) is 32.4. The van der Waals surface area contributed by atoms with Crippen molar-refractivity contribution in [3.8, 4) is 0 Å². The fourth-order valence-electron chi connectivity index (χ4n) is 16.6. The van der Waals surface area contributed by atoms with E-state index in [0.29, 0.717) is 92.9 Å². The van der Waals surface area contributed by atoms with Gasteiger partial charge in [0.05, 0.1) is 63.1 Å². The second kappa shape index (κ2) is 53.1. The number of para-hydroxylation sites is 1. The number of ether oxygens (including phenoxy) is 2. The highest BCUT2D eigenvalue weighted by atomic mass is 16.6. The van der Waals surface area contributed by atoms with Crippen LogP contribution in [0.15, 0.2) is 134 Å². The van der Waals surface area contributed by atoms with Crippen molar-refractivity contribution in [1.29, 1.82) is 0 Å². The van der Waals surface area contributed by atoms with Crippen LogP contribution in [0.1, 0.15) is 158 Å². The minimum atomic E-state index is -0.842. The van der Waals surface area contributed by atoms with Gasteiger partial charge < -0.3 is 96.2 Å². The first-order valence-electron chi connectivity index (χ1n) is 46.8. The van der Waals surface area contributed by atoms with E-state index in [1.54, 1.807) is 57.7 Å². The number of aromatic nitrogens is 12. The maximum Gasteiger partial charge on any atom is 0.333 e. The molecule has 2 atom stereocenters. The van der Waals surface area contributed by atoms with Crippen molar-refractivity contribution in [2.45, 2.75) is 191 Å². The summed E-state index contributed by atoms with van der Waals surface area (Å²) in [7, 11) is 5.85. The molecule has 7 aromatic heterocycles. The van der Waals surface area contributed by atoms with Gasteiger partial charge in [-0.25, -0.2) is 34.5 Å². The van der Waals surface area contributed by atoms with Crippen LogP contribution in [-0.4, -0.2) is 211 Å². The molecule has 5 aliphatic rings. The summed E-state index contributed by atoms with van der Waals surface area (Å²) < 4.78 is 9.50. The number of pyridine rings is 2. The highest BCUT2D eigenvalue weighted by Gasteiger charge is 2.31. The van der Waals surface area contributed by atoms with Crippen molar-refractivity contribution < 1.29 is 48.5 Å². The van der Waals surface area contributed by atoms with Gasteiger partial charge in [-0.05, 0) is 200 Å². The smallest absolute Gasteiger partial charge is 0.333 e. The van der Waals surface area contributed by atoms with Gasteiger partial charge in [0.25, 0.3) is 0 Å². The number of nitrogens with one attached hydrogen (secondary N) is 10. The number of nitro groups is 5. The number of benzene rings is 3. The van der Waals surface area contributed by atoms with Crippen molar-refractivity contribution >= 4 is 127 Å². The normalized spacial score (nSPS) is 19.6. The third-order valence-corrected chi connectivity index (χ3v) is 25.1. The number of fused-ring (bicyclic) bond motifs is 2. The summed E-state index contributed by atoms with van der Waals surface area (Å²) in [6.07, 6.45) is 29.1. The molecule has 20 N–H and O–H groups in total. The molecule has 748 valence electrons. The number of nitrogens with zero attached hydrogens (tertiary/aromatic N) is 18. The van der Waals surface area contributed by atoms with E-state index in [1.165, 1.54) is 31.5 Å². The third-order valence-electron chi connectivity index (χ3n) is 25.1. The number of likely N-dealkylation sites (N-methyl/N-ethyl adjacent to an activating group) is 1. The van der Waals surface area contributed by atoms with E-state index < -0.39 is 48.6 Å². The van der Waals surface area contributed by atoms with Crippen LogP contribution in [-0.2, 0) is 36.9 Å². The molecule has 15 rings (SSSR count). The Hall–Kier alpha value is -14.9. The van der Waals surface area contributed by atoms with Gasteiger partial charge in [-0.15, -0.1) is 0 Å². The quantitative estimate of drug-likeness (QED) is 0.00985. The van der Waals surface area contributed by atoms with E-state index in [4.69, 9.17) is 33.4 Å². The summed E-state index contributed by atoms with van der Waals surface area (Å²) in [4.78, 5) is 141. The maximum absolute atomic E-state index is 12.3. The second-order valence-corrected chi connectivity index (χ2v) is 35.4. The number of carbonyl (C=O) groups excluding carboxylic acids is 3. The molecule has 0 radical (unpaired) electrons. The topological polar surface area (TPSA) is 694 Å². The molecule has 5 saturated carbocycles. The molecule has 10 aromatic rings. The summed E-state index contributed by atoms with van der Waals surface area (Å²) in [5.41, 5.74) is 32.3. The Morgan fingerprint density at radius 1 is 0.379 bits per heavy atom. The van der Waals surface area contributed by atoms with Crippen LogP contribution in [0.2, 0.25) is 0 Å². The molecule has 0 bridgehead atoms. The van der Waals surface area contributed by atoms with E-state index >= 15 is 0 Å². The molecule has 0 unspecified atom stereocenters. The molecule has 0 spiro atoms. The fourth-order valence-corrected chi connectivity index (χ4v) is 16.6. The lowest BCUT2D eigenvalue weighted by atomic mass is 9.86. The van der Waals surface area contributed by atoms with E-state index in [9.17, 15) is 65.0 Å². The molecular formula is C92H125N33O15. The highest BCUT2D eigenvalue weighted by molar-refractivity contribution is 5.85. The summed E-state index contributed by atoms with van der Waals surface area (Å²) in [5.74, 6) is 2.88. The Kier molecular flexibility index (Phi) is 40.1. The summed E-state index contributed by atoms with van der Waals surface area (Å²) in [6.45, 7) is 5.52. The van der Waals surface area contributed by atoms with Gasteiger partial charge in [0.2, 0.25) is 64.7 Å². The Labute approximate surface area is 807 Å². The zero-order chi connectivity index (χ0) is 100. The number of esters is 2. The van der Waals surface area contributed by atoms with Crippen LogP contribution < -0.4 is 81.8 Å². The maximum atomic E-state index is 12.3. The summed E-state index contributed by atoms with van der Waals surface area (Å²) >= 11 is 0. The van der Waals surface area contributed by atoms with Gasteiger partial charge in [0, 0.05) is 107 Å². The lowest BCUT2D eigenvalue weighted by molar-refractivity contribution is -0.384. The fraction of sp³-hybridized carbons (Fsp3) is 0.489. The van der Waals surface area contributed by atoms with Crippen LogP contribution in [0, 0.1) is 80.2 Å². The number of amides is 1. The number of hydrogen-bond donors (Lipinski definition) is 15. The van der Waals surface area contributed by atoms with Gasteiger partial charge in [0.15, 0.2) is 6.04 Å². The Morgan fingerprint density at radius 2 is 0.707 bits per heavy atom. The van der Waals surface area contributed by atoms with Crippen molar-refractivity contribution in [2.24, 2.45) is 58.3 Å². The Bertz CT molecular complexity index is 5590. The number of anilines is 10. The lowest BCUT2D eigenvalue weighted by Crippen LogP contribution is -2.30. The molecule has 0 saturated heterocycles. The average molecular weight is 1930 g/mol. The molecule has 0 aliphatic heterocycles. The number of rotatable bonds is 36. The first-order chi connectivity index (χ1) is 67.4. The van der Waals surface area contributed by atoms with E-state index in [0.717, 1.165) is 180 Å². The monoisotopic (exact) mass is 1930 g/mol. The summed E-state index contributed by atoms with van der Waals surface area (Å²) in [5, 5.41) is 90.0. The molecule has 140 heavy (non-hydrogen) atoms. The predicted molar refractivity (Wildman–Crippen MR) is 531 cm³/mol. The number of carbonyl (C=O) groups is 3. The van der Waals surface area contributed by atoms with Crippen molar-refractivity contribution in [3.63, 3.8) is 0 Å². The first-order valence-corrected chi connectivity index (χ1v) is 46.8. The number of methoxy groups -OCH3 is 2. The Balaban J connectivity index is 0.000000168. The molecule has 48 heteroatoms. The largest absolute Gasteiger partial charge is 0.467 e. The van der Waals surface area contributed by atoms with Gasteiger partial charge in [-0.3, -0.25) is 65.3 Å². The molecular weight excluding hydrogens is 1810 g/mol. The predicted octanol–water partition coefficient (Wildman–Crippen LogP) is 11.7. The Morgan fingerprint density at radius 3 is 1.09 bits per heavy atom. The van der Waals surface area contributed by atoms with Crippen LogP contribution in [0.5, 0.6) is 0 Å². The standard InChI is InChI=1S/2C21H25N7O2.C20H26N6O4.C15H25N7O3.C15H24N6O4/c22-16-7-5-14(6-8-16)11-24-20-19(28(29)30)13-26-21(27-20)25-12-15-9-10-23-18-4-2-1-3-17(15)18;22-16-7-5-14(6-8-16)11-24-20-19(28(29)30)13-26-21(27-20)25-12-18-17-4-2-1-3-15(17)9-10-23-18;1-30-19(27)17(14-5-3-2-4-6-14)24-20-23-12-16(26(28)29)18(25-20)22-11-13-7-9-15(21)10-8-13;1-21(2)13(23)9-19-15-18-8-12(22(24)25)14(20-15)17-7-10-3-5-11(16)6-4-10;1-9(14(22)25-2)19-15-18-8-12(21(23)24)13(20-15)17-7-10-3-5-11(16)6-4-10/h2*1-4,9-10,13-14,16H,5-8,11-12,22H2,(H2,24,25,26,27);2-6,12-13,15,17H,7-11,21H2,1H3,(H2,22,23,24,25);8,10-11H,3-7,9,16H2,1-2H3,(H2,17,18,19,20);8-11H,3-7,16H2,1-2H3,(H2,17,18,19,20)/t;;13?,15?,17-;;9-,10?,11?/m..0.1/s1. The minimum absolute atomic E-state index is 0.0186. The van der Waals surface area contributed by atoms with E-state index in [-0.39, 0.29) is 118 Å². The zero-order valence-electron chi connectivity index (χ0n) is 79.0. The molecule has 7 heterocycles. The van der Waals surface area contributed by atoms with Crippen LogP contribution in [0.4, 0.5) is 87.3 Å². The first kappa shape index (κ1) is 106. The van der Waals surface area contributed by atoms with Crippen LogP contribution in [0.3, 0.4) is 0 Å². The molecule has 5 fully saturated rings. The van der Waals surface area contributed by atoms with Crippen molar-refractivity contribution in [2.75, 3.05) is 121 Å².